The second-order valence-electron chi connectivity index (χ2n) is 5.36. The summed E-state index contributed by atoms with van der Waals surface area (Å²) < 4.78 is 18.2. The van der Waals surface area contributed by atoms with Gasteiger partial charge in [0, 0.05) is 6.54 Å². The van der Waals surface area contributed by atoms with Crippen molar-refractivity contribution in [3.63, 3.8) is 0 Å². The largest absolute Gasteiger partial charge is 0.480 e. The van der Waals surface area contributed by atoms with Crippen LogP contribution in [0.5, 0.6) is 0 Å². The smallest absolute Gasteiger partial charge is 0.411 e. The van der Waals surface area contributed by atoms with E-state index in [0.717, 1.165) is 4.90 Å². The molecular formula is C14H18FNO4. The van der Waals surface area contributed by atoms with E-state index in [4.69, 9.17) is 9.84 Å². The predicted molar refractivity (Wildman–Crippen MR) is 70.7 cm³/mol. The minimum atomic E-state index is -1.16. The van der Waals surface area contributed by atoms with E-state index in [1.807, 2.05) is 0 Å². The second-order valence-corrected chi connectivity index (χ2v) is 5.36. The fraction of sp³-hybridized carbons (Fsp3) is 0.429. The zero-order chi connectivity index (χ0) is 15.3. The van der Waals surface area contributed by atoms with Gasteiger partial charge in [0.2, 0.25) is 0 Å². The van der Waals surface area contributed by atoms with Crippen molar-refractivity contribution in [2.45, 2.75) is 32.9 Å². The van der Waals surface area contributed by atoms with Crippen LogP contribution in [0.25, 0.3) is 0 Å². The normalized spacial score (nSPS) is 11.0. The molecular weight excluding hydrogens is 265 g/mol. The number of rotatable bonds is 4. The average molecular weight is 283 g/mol. The van der Waals surface area contributed by atoms with Crippen LogP contribution in [0.1, 0.15) is 26.3 Å². The van der Waals surface area contributed by atoms with Crippen LogP contribution in [0.3, 0.4) is 0 Å². The highest BCUT2D eigenvalue weighted by molar-refractivity contribution is 5.76. The number of ether oxygens (including phenoxy) is 1. The van der Waals surface area contributed by atoms with E-state index in [9.17, 15) is 14.0 Å². The number of carbonyl (C=O) groups excluding carboxylic acids is 1. The maximum atomic E-state index is 13.1. The molecule has 0 saturated carbocycles. The van der Waals surface area contributed by atoms with E-state index in [1.54, 1.807) is 26.8 Å². The third kappa shape index (κ3) is 5.69. The third-order valence-electron chi connectivity index (χ3n) is 2.24. The second kappa shape index (κ2) is 6.36. The SMILES string of the molecule is CC(C)(C)OC(=O)N(CC(=O)O)Cc1cccc(F)c1. The van der Waals surface area contributed by atoms with Crippen molar-refractivity contribution >= 4 is 12.1 Å². The molecule has 0 heterocycles. The number of amides is 1. The van der Waals surface area contributed by atoms with Crippen LogP contribution in [-0.4, -0.2) is 34.2 Å². The summed E-state index contributed by atoms with van der Waals surface area (Å²) in [6.45, 7) is 4.52. The molecule has 0 unspecified atom stereocenters. The molecule has 1 aromatic rings. The van der Waals surface area contributed by atoms with Crippen molar-refractivity contribution in [2.75, 3.05) is 6.54 Å². The lowest BCUT2D eigenvalue weighted by Crippen LogP contribution is -2.39. The Balaban J connectivity index is 2.84. The van der Waals surface area contributed by atoms with Crippen LogP contribution in [-0.2, 0) is 16.1 Å². The maximum absolute atomic E-state index is 13.1. The van der Waals surface area contributed by atoms with Crippen LogP contribution in [0.2, 0.25) is 0 Å². The Morgan fingerprint density at radius 1 is 1.35 bits per heavy atom. The van der Waals surface area contributed by atoms with E-state index in [0.29, 0.717) is 5.56 Å². The average Bonchev–Trinajstić information content (AvgIpc) is 2.25. The molecule has 0 spiro atoms. The molecule has 0 aliphatic carbocycles. The number of hydrogen-bond donors (Lipinski definition) is 1. The molecule has 1 rings (SSSR count). The van der Waals surface area contributed by atoms with Crippen LogP contribution < -0.4 is 0 Å². The predicted octanol–water partition coefficient (Wildman–Crippen LogP) is 2.65. The molecule has 0 atom stereocenters. The van der Waals surface area contributed by atoms with Crippen LogP contribution >= 0.6 is 0 Å². The fourth-order valence-electron chi connectivity index (χ4n) is 1.53. The first kappa shape index (κ1) is 15.9. The molecule has 0 aliphatic rings. The van der Waals surface area contributed by atoms with E-state index >= 15 is 0 Å². The van der Waals surface area contributed by atoms with Gasteiger partial charge < -0.3 is 9.84 Å². The van der Waals surface area contributed by atoms with Gasteiger partial charge in [0.25, 0.3) is 0 Å². The highest BCUT2D eigenvalue weighted by Gasteiger charge is 2.24. The summed E-state index contributed by atoms with van der Waals surface area (Å²) in [6, 6.07) is 5.64. The standard InChI is InChI=1S/C14H18FNO4/c1-14(2,3)20-13(19)16(9-12(17)18)8-10-5-4-6-11(15)7-10/h4-7H,8-9H2,1-3H3,(H,17,18). The minimum absolute atomic E-state index is 0.0288. The highest BCUT2D eigenvalue weighted by atomic mass is 19.1. The van der Waals surface area contributed by atoms with E-state index in [2.05, 4.69) is 0 Å². The summed E-state index contributed by atoms with van der Waals surface area (Å²) >= 11 is 0. The molecule has 5 nitrogen and oxygen atoms in total. The zero-order valence-electron chi connectivity index (χ0n) is 11.7. The Bertz CT molecular complexity index is 496. The third-order valence-corrected chi connectivity index (χ3v) is 2.24. The van der Waals surface area contributed by atoms with Crippen molar-refractivity contribution in [1.82, 2.24) is 4.90 Å². The van der Waals surface area contributed by atoms with Gasteiger partial charge in [0.15, 0.2) is 0 Å². The molecule has 0 fully saturated rings. The first-order chi connectivity index (χ1) is 9.17. The van der Waals surface area contributed by atoms with Gasteiger partial charge in [-0.1, -0.05) is 12.1 Å². The number of halogens is 1. The Morgan fingerprint density at radius 3 is 2.50 bits per heavy atom. The molecule has 20 heavy (non-hydrogen) atoms. The highest BCUT2D eigenvalue weighted by Crippen LogP contribution is 2.13. The number of carbonyl (C=O) groups is 2. The first-order valence-electron chi connectivity index (χ1n) is 6.11. The van der Waals surface area contributed by atoms with E-state index in [1.165, 1.54) is 18.2 Å². The lowest BCUT2D eigenvalue weighted by Gasteiger charge is -2.26. The summed E-state index contributed by atoms with van der Waals surface area (Å²) in [5.41, 5.74) is -0.229. The summed E-state index contributed by atoms with van der Waals surface area (Å²) in [5.74, 6) is -1.60. The topological polar surface area (TPSA) is 66.8 Å². The summed E-state index contributed by atoms with van der Waals surface area (Å²) in [4.78, 5) is 23.8. The van der Waals surface area contributed by atoms with Crippen molar-refractivity contribution in [3.05, 3.63) is 35.6 Å². The van der Waals surface area contributed by atoms with Gasteiger partial charge in [-0.15, -0.1) is 0 Å². The number of hydrogen-bond acceptors (Lipinski definition) is 3. The molecule has 0 aromatic heterocycles. The first-order valence-corrected chi connectivity index (χ1v) is 6.11. The molecule has 1 aromatic carbocycles. The molecule has 1 amide bonds. The lowest BCUT2D eigenvalue weighted by molar-refractivity contribution is -0.138. The molecule has 110 valence electrons. The number of nitrogens with zero attached hydrogens (tertiary/aromatic N) is 1. The van der Waals surface area contributed by atoms with Gasteiger partial charge in [-0.2, -0.15) is 0 Å². The summed E-state index contributed by atoms with van der Waals surface area (Å²) in [7, 11) is 0. The number of carboxylic acids is 1. The van der Waals surface area contributed by atoms with Gasteiger partial charge in [0.05, 0.1) is 0 Å². The van der Waals surface area contributed by atoms with Crippen molar-refractivity contribution in [1.29, 1.82) is 0 Å². The number of aliphatic carboxylic acids is 1. The minimum Gasteiger partial charge on any atom is -0.480 e. The van der Waals surface area contributed by atoms with E-state index < -0.39 is 30.0 Å². The Hall–Kier alpha value is -2.11. The molecule has 0 aliphatic heterocycles. The van der Waals surface area contributed by atoms with Crippen molar-refractivity contribution < 1.29 is 23.8 Å². The Morgan fingerprint density at radius 2 is 2.00 bits per heavy atom. The van der Waals surface area contributed by atoms with Crippen molar-refractivity contribution in [2.24, 2.45) is 0 Å². The zero-order valence-corrected chi connectivity index (χ0v) is 11.7. The van der Waals surface area contributed by atoms with Crippen LogP contribution in [0, 0.1) is 5.82 Å². The monoisotopic (exact) mass is 283 g/mol. The molecule has 6 heteroatoms. The van der Waals surface area contributed by atoms with Gasteiger partial charge in [-0.05, 0) is 38.5 Å². The van der Waals surface area contributed by atoms with Gasteiger partial charge in [-0.3, -0.25) is 9.69 Å². The fourth-order valence-corrected chi connectivity index (χ4v) is 1.53. The Labute approximate surface area is 117 Å². The van der Waals surface area contributed by atoms with Gasteiger partial charge in [0.1, 0.15) is 18.0 Å². The lowest BCUT2D eigenvalue weighted by atomic mass is 10.2. The maximum Gasteiger partial charge on any atom is 0.411 e. The van der Waals surface area contributed by atoms with Gasteiger partial charge >= 0.3 is 12.1 Å². The summed E-state index contributed by atoms with van der Waals surface area (Å²) in [6.07, 6.45) is -0.746. The van der Waals surface area contributed by atoms with E-state index in [-0.39, 0.29) is 6.54 Å². The molecule has 0 bridgehead atoms. The van der Waals surface area contributed by atoms with Crippen LogP contribution in [0.15, 0.2) is 24.3 Å². The van der Waals surface area contributed by atoms with Crippen LogP contribution in [0.4, 0.5) is 9.18 Å². The number of carboxylic acid groups (broad SMARTS) is 1. The van der Waals surface area contributed by atoms with Gasteiger partial charge in [-0.25, -0.2) is 9.18 Å². The molecule has 1 N–H and O–H groups in total. The number of benzene rings is 1. The Kier molecular flexibility index (Phi) is 5.07. The quantitative estimate of drug-likeness (QED) is 0.922. The molecule has 0 radical (unpaired) electrons. The van der Waals surface area contributed by atoms with Crippen molar-refractivity contribution in [3.8, 4) is 0 Å². The molecule has 0 saturated heterocycles. The summed E-state index contributed by atoms with van der Waals surface area (Å²) in [5, 5.41) is 8.84.